The molecule has 5 rings (SSSR count). The normalized spacial score (nSPS) is 12.2. The number of nitrogens with one attached hydrogen (secondary N) is 1. The molecule has 1 aliphatic rings. The summed E-state index contributed by atoms with van der Waals surface area (Å²) in [5.74, 6) is 1.24. The van der Waals surface area contributed by atoms with Gasteiger partial charge in [-0.25, -0.2) is 4.98 Å². The number of nitrogens with zero attached hydrogens (tertiary/aromatic N) is 1. The van der Waals surface area contributed by atoms with Crippen molar-refractivity contribution in [3.63, 3.8) is 0 Å². The first kappa shape index (κ1) is 18.2. The zero-order chi connectivity index (χ0) is 20.7. The highest BCUT2D eigenvalue weighted by atomic mass is 16.7. The summed E-state index contributed by atoms with van der Waals surface area (Å²) in [4.78, 5) is 18.1. The van der Waals surface area contributed by atoms with Crippen LogP contribution in [-0.4, -0.2) is 17.7 Å². The lowest BCUT2D eigenvalue weighted by atomic mass is 10.0. The first-order valence-electron chi connectivity index (χ1n) is 9.77. The minimum Gasteiger partial charge on any atom is -0.454 e. The number of amides is 1. The number of rotatable bonds is 3. The number of carbonyl (C=O) groups is 1. The maximum absolute atomic E-state index is 13.3. The van der Waals surface area contributed by atoms with Crippen LogP contribution in [0, 0.1) is 13.8 Å². The second kappa shape index (κ2) is 7.19. The van der Waals surface area contributed by atoms with E-state index in [-0.39, 0.29) is 12.7 Å². The number of fused-ring (bicyclic) bond motifs is 2. The highest BCUT2D eigenvalue weighted by Gasteiger charge is 2.18. The van der Waals surface area contributed by atoms with Crippen LogP contribution in [0.25, 0.3) is 22.2 Å². The lowest BCUT2D eigenvalue weighted by Gasteiger charge is -2.13. The van der Waals surface area contributed by atoms with E-state index < -0.39 is 0 Å². The second-order valence-corrected chi connectivity index (χ2v) is 7.41. The molecule has 1 aliphatic heterocycles. The van der Waals surface area contributed by atoms with Gasteiger partial charge < -0.3 is 14.8 Å². The van der Waals surface area contributed by atoms with Gasteiger partial charge in [-0.1, -0.05) is 30.3 Å². The number of anilines is 1. The zero-order valence-electron chi connectivity index (χ0n) is 16.7. The molecule has 2 heterocycles. The summed E-state index contributed by atoms with van der Waals surface area (Å²) < 4.78 is 10.9. The van der Waals surface area contributed by atoms with Gasteiger partial charge in [-0.3, -0.25) is 4.79 Å². The predicted molar refractivity (Wildman–Crippen MR) is 117 cm³/mol. The van der Waals surface area contributed by atoms with Crippen LogP contribution in [0.1, 0.15) is 21.5 Å². The molecule has 1 aromatic heterocycles. The minimum absolute atomic E-state index is 0.163. The van der Waals surface area contributed by atoms with Gasteiger partial charge in [0.2, 0.25) is 6.79 Å². The molecule has 0 fully saturated rings. The van der Waals surface area contributed by atoms with Crippen molar-refractivity contribution in [1.82, 2.24) is 4.98 Å². The molecule has 5 nitrogen and oxygen atoms in total. The largest absolute Gasteiger partial charge is 0.454 e. The number of hydrogen-bond acceptors (Lipinski definition) is 4. The average Bonchev–Trinajstić information content (AvgIpc) is 3.23. The molecule has 0 unspecified atom stereocenters. The van der Waals surface area contributed by atoms with Gasteiger partial charge in [-0.05, 0) is 61.4 Å². The third-order valence-corrected chi connectivity index (χ3v) is 5.27. The summed E-state index contributed by atoms with van der Waals surface area (Å²) in [6.07, 6.45) is 0. The number of aryl methyl sites for hydroxylation is 2. The number of carbonyl (C=O) groups excluding carboxylic acids is 1. The molecule has 0 saturated heterocycles. The van der Waals surface area contributed by atoms with Crippen molar-refractivity contribution in [2.24, 2.45) is 0 Å². The molecule has 0 saturated carbocycles. The fraction of sp³-hybridized carbons (Fsp3) is 0.120. The lowest BCUT2D eigenvalue weighted by molar-refractivity contribution is 0.102. The van der Waals surface area contributed by atoms with Gasteiger partial charge in [0.05, 0.1) is 16.8 Å². The minimum atomic E-state index is -0.163. The van der Waals surface area contributed by atoms with Crippen LogP contribution in [0.15, 0.2) is 66.7 Å². The molecule has 0 bridgehead atoms. The van der Waals surface area contributed by atoms with Crippen molar-refractivity contribution in [2.45, 2.75) is 13.8 Å². The Morgan fingerprint density at radius 1 is 0.933 bits per heavy atom. The molecule has 148 valence electrons. The van der Waals surface area contributed by atoms with Crippen molar-refractivity contribution in [1.29, 1.82) is 0 Å². The summed E-state index contributed by atoms with van der Waals surface area (Å²) in [5, 5.41) is 3.88. The molecular formula is C25H20N2O3. The summed E-state index contributed by atoms with van der Waals surface area (Å²) in [7, 11) is 0. The Labute approximate surface area is 174 Å². The van der Waals surface area contributed by atoms with Crippen LogP contribution in [0.4, 0.5) is 5.69 Å². The van der Waals surface area contributed by atoms with Gasteiger partial charge in [0.15, 0.2) is 11.5 Å². The van der Waals surface area contributed by atoms with Gasteiger partial charge in [-0.15, -0.1) is 0 Å². The SMILES string of the molecule is Cc1ccc(C)c(NC(=O)c2cc(-c3ccc4c(c3)OCO4)nc3ccccc23)c1. The Balaban J connectivity index is 1.60. The first-order chi connectivity index (χ1) is 14.6. The zero-order valence-corrected chi connectivity index (χ0v) is 16.7. The van der Waals surface area contributed by atoms with Gasteiger partial charge in [0.1, 0.15) is 0 Å². The van der Waals surface area contributed by atoms with Crippen molar-refractivity contribution >= 4 is 22.5 Å². The van der Waals surface area contributed by atoms with E-state index >= 15 is 0 Å². The number of para-hydroxylation sites is 1. The van der Waals surface area contributed by atoms with Crippen LogP contribution in [0.3, 0.4) is 0 Å². The van der Waals surface area contributed by atoms with Crippen LogP contribution < -0.4 is 14.8 Å². The van der Waals surface area contributed by atoms with E-state index in [1.807, 2.05) is 80.6 Å². The summed E-state index contributed by atoms with van der Waals surface area (Å²) in [6, 6.07) is 21.2. The molecule has 1 amide bonds. The molecule has 3 aromatic carbocycles. The average molecular weight is 396 g/mol. The summed E-state index contributed by atoms with van der Waals surface area (Å²) in [5.41, 5.74) is 5.84. The maximum Gasteiger partial charge on any atom is 0.256 e. The predicted octanol–water partition coefficient (Wildman–Crippen LogP) is 5.50. The molecule has 30 heavy (non-hydrogen) atoms. The summed E-state index contributed by atoms with van der Waals surface area (Å²) >= 11 is 0. The van der Waals surface area contributed by atoms with E-state index in [1.54, 1.807) is 0 Å². The van der Waals surface area contributed by atoms with E-state index in [1.165, 1.54) is 0 Å². The maximum atomic E-state index is 13.3. The standard InChI is InChI=1S/C25H20N2O3/c1-15-7-8-16(2)21(11-15)27-25(28)19-13-22(26-20-6-4-3-5-18(19)20)17-9-10-23-24(12-17)30-14-29-23/h3-13H,14H2,1-2H3,(H,27,28). The Kier molecular flexibility index (Phi) is 4.36. The van der Waals surface area contributed by atoms with E-state index in [0.29, 0.717) is 22.8 Å². The molecule has 0 radical (unpaired) electrons. The monoisotopic (exact) mass is 396 g/mol. The topological polar surface area (TPSA) is 60.5 Å². The molecule has 0 spiro atoms. The van der Waals surface area contributed by atoms with Crippen LogP contribution in [-0.2, 0) is 0 Å². The fourth-order valence-electron chi connectivity index (χ4n) is 3.63. The second-order valence-electron chi connectivity index (χ2n) is 7.41. The Bertz CT molecular complexity index is 1300. The molecule has 5 heteroatoms. The Hall–Kier alpha value is -3.86. The van der Waals surface area contributed by atoms with Gasteiger partial charge in [0, 0.05) is 16.6 Å². The smallest absolute Gasteiger partial charge is 0.256 e. The number of hydrogen-bond donors (Lipinski definition) is 1. The Morgan fingerprint density at radius 2 is 1.77 bits per heavy atom. The van der Waals surface area contributed by atoms with Crippen molar-refractivity contribution in [3.8, 4) is 22.8 Å². The van der Waals surface area contributed by atoms with Crippen LogP contribution in [0.5, 0.6) is 11.5 Å². The van der Waals surface area contributed by atoms with Crippen LogP contribution in [0.2, 0.25) is 0 Å². The number of benzene rings is 3. The molecule has 0 atom stereocenters. The van der Waals surface area contributed by atoms with E-state index in [9.17, 15) is 4.79 Å². The van der Waals surface area contributed by atoms with E-state index in [0.717, 1.165) is 33.3 Å². The third kappa shape index (κ3) is 3.24. The third-order valence-electron chi connectivity index (χ3n) is 5.27. The highest BCUT2D eigenvalue weighted by Crippen LogP contribution is 2.36. The van der Waals surface area contributed by atoms with Gasteiger partial charge in [-0.2, -0.15) is 0 Å². The van der Waals surface area contributed by atoms with Crippen molar-refractivity contribution in [2.75, 3.05) is 12.1 Å². The number of ether oxygens (including phenoxy) is 2. The Morgan fingerprint density at radius 3 is 2.67 bits per heavy atom. The quantitative estimate of drug-likeness (QED) is 0.497. The first-order valence-corrected chi connectivity index (χ1v) is 9.77. The van der Waals surface area contributed by atoms with Crippen molar-refractivity contribution < 1.29 is 14.3 Å². The van der Waals surface area contributed by atoms with Gasteiger partial charge in [0.25, 0.3) is 5.91 Å². The molecule has 0 aliphatic carbocycles. The van der Waals surface area contributed by atoms with E-state index in [2.05, 4.69) is 5.32 Å². The number of pyridine rings is 1. The highest BCUT2D eigenvalue weighted by molar-refractivity contribution is 6.13. The van der Waals surface area contributed by atoms with Crippen molar-refractivity contribution in [3.05, 3.63) is 83.4 Å². The fourth-order valence-corrected chi connectivity index (χ4v) is 3.63. The molecule has 1 N–H and O–H groups in total. The number of aromatic nitrogens is 1. The van der Waals surface area contributed by atoms with Gasteiger partial charge >= 0.3 is 0 Å². The van der Waals surface area contributed by atoms with E-state index in [4.69, 9.17) is 14.5 Å². The molecular weight excluding hydrogens is 376 g/mol. The van der Waals surface area contributed by atoms with Crippen LogP contribution >= 0.6 is 0 Å². The molecule has 4 aromatic rings. The lowest BCUT2D eigenvalue weighted by Crippen LogP contribution is -2.14. The summed E-state index contributed by atoms with van der Waals surface area (Å²) in [6.45, 7) is 4.21.